The number of methoxy groups -OCH3 is 1. The lowest BCUT2D eigenvalue weighted by Gasteiger charge is -2.31. The summed E-state index contributed by atoms with van der Waals surface area (Å²) in [5.74, 6) is 1.53. The highest BCUT2D eigenvalue weighted by Crippen LogP contribution is 2.08. The number of nitrogens with zero attached hydrogens (tertiary/aromatic N) is 1. The number of ether oxygens (including phenoxy) is 1. The van der Waals surface area contributed by atoms with Crippen molar-refractivity contribution in [1.82, 2.24) is 10.2 Å². The highest BCUT2D eigenvalue weighted by Gasteiger charge is 2.16. The fourth-order valence-corrected chi connectivity index (χ4v) is 2.28. The van der Waals surface area contributed by atoms with E-state index < -0.39 is 0 Å². The third-order valence-corrected chi connectivity index (χ3v) is 2.95. The molecule has 0 amide bonds. The van der Waals surface area contributed by atoms with Gasteiger partial charge in [-0.15, -0.1) is 0 Å². The van der Waals surface area contributed by atoms with Crippen LogP contribution in [-0.2, 0) is 4.74 Å². The van der Waals surface area contributed by atoms with Gasteiger partial charge in [0.1, 0.15) is 0 Å². The maximum Gasteiger partial charge on any atom is 0.0474 e. The zero-order valence-electron chi connectivity index (χ0n) is 10.5. The van der Waals surface area contributed by atoms with Crippen molar-refractivity contribution < 1.29 is 4.74 Å². The highest BCUT2D eigenvalue weighted by molar-refractivity contribution is 4.72. The molecule has 1 aliphatic rings. The van der Waals surface area contributed by atoms with Crippen LogP contribution in [0.15, 0.2) is 0 Å². The smallest absolute Gasteiger partial charge is 0.0474 e. The molecule has 1 aliphatic heterocycles. The summed E-state index contributed by atoms with van der Waals surface area (Å²) in [6.07, 6.45) is 1.16. The molecule has 0 spiro atoms. The Kier molecular flexibility index (Phi) is 6.22. The molecule has 0 radical (unpaired) electrons. The minimum Gasteiger partial charge on any atom is -0.385 e. The summed E-state index contributed by atoms with van der Waals surface area (Å²) in [5.41, 5.74) is 0. The van der Waals surface area contributed by atoms with Gasteiger partial charge in [-0.1, -0.05) is 13.8 Å². The van der Waals surface area contributed by atoms with E-state index in [0.29, 0.717) is 0 Å². The first kappa shape index (κ1) is 12.9. The van der Waals surface area contributed by atoms with Crippen molar-refractivity contribution in [3.63, 3.8) is 0 Å². The van der Waals surface area contributed by atoms with E-state index in [1.54, 1.807) is 7.11 Å². The van der Waals surface area contributed by atoms with Gasteiger partial charge in [0.2, 0.25) is 0 Å². The van der Waals surface area contributed by atoms with Crippen molar-refractivity contribution in [3.05, 3.63) is 0 Å². The average molecular weight is 214 g/mol. The van der Waals surface area contributed by atoms with Gasteiger partial charge in [-0.2, -0.15) is 0 Å². The molecule has 1 saturated heterocycles. The van der Waals surface area contributed by atoms with E-state index in [1.165, 1.54) is 19.6 Å². The van der Waals surface area contributed by atoms with E-state index in [1.807, 2.05) is 0 Å². The minimum absolute atomic E-state index is 0.764. The number of hydrogen-bond donors (Lipinski definition) is 1. The van der Waals surface area contributed by atoms with Crippen LogP contribution in [-0.4, -0.2) is 51.3 Å². The standard InChI is InChI=1S/C12H26N2O/c1-11-7-13-8-12(2)10-14(9-11)5-4-6-15-3/h11-13H,4-10H2,1-3H3. The van der Waals surface area contributed by atoms with Crippen molar-refractivity contribution in [2.75, 3.05) is 46.4 Å². The molecule has 0 aromatic heterocycles. The van der Waals surface area contributed by atoms with Crippen LogP contribution >= 0.6 is 0 Å². The quantitative estimate of drug-likeness (QED) is 0.712. The second kappa shape index (κ2) is 7.20. The van der Waals surface area contributed by atoms with Gasteiger partial charge < -0.3 is 15.0 Å². The third-order valence-electron chi connectivity index (χ3n) is 2.95. The molecule has 3 nitrogen and oxygen atoms in total. The van der Waals surface area contributed by atoms with E-state index in [4.69, 9.17) is 4.74 Å². The Hall–Kier alpha value is -0.120. The van der Waals surface area contributed by atoms with E-state index in [2.05, 4.69) is 24.1 Å². The number of rotatable bonds is 4. The summed E-state index contributed by atoms with van der Waals surface area (Å²) >= 11 is 0. The molecule has 1 N–H and O–H groups in total. The van der Waals surface area contributed by atoms with Gasteiger partial charge >= 0.3 is 0 Å². The predicted octanol–water partition coefficient (Wildman–Crippen LogP) is 1.20. The highest BCUT2D eigenvalue weighted by atomic mass is 16.5. The lowest BCUT2D eigenvalue weighted by molar-refractivity contribution is 0.147. The summed E-state index contributed by atoms with van der Waals surface area (Å²) in [6.45, 7) is 11.5. The Morgan fingerprint density at radius 2 is 1.80 bits per heavy atom. The molecular formula is C12H26N2O. The van der Waals surface area contributed by atoms with Gasteiger partial charge in [-0.25, -0.2) is 0 Å². The van der Waals surface area contributed by atoms with Gasteiger partial charge in [0.25, 0.3) is 0 Å². The second-order valence-corrected chi connectivity index (χ2v) is 4.97. The Balaban J connectivity index is 2.29. The number of hydrogen-bond acceptors (Lipinski definition) is 3. The molecular weight excluding hydrogens is 188 g/mol. The minimum atomic E-state index is 0.764. The average Bonchev–Trinajstić information content (AvgIpc) is 2.15. The lowest BCUT2D eigenvalue weighted by atomic mass is 10.1. The molecule has 1 rings (SSSR count). The molecule has 0 aliphatic carbocycles. The summed E-state index contributed by atoms with van der Waals surface area (Å²) in [7, 11) is 1.78. The number of nitrogens with one attached hydrogen (secondary N) is 1. The largest absolute Gasteiger partial charge is 0.385 e. The maximum absolute atomic E-state index is 5.10. The first-order valence-corrected chi connectivity index (χ1v) is 6.14. The van der Waals surface area contributed by atoms with Crippen LogP contribution in [0.5, 0.6) is 0 Å². The van der Waals surface area contributed by atoms with Crippen LogP contribution in [0.4, 0.5) is 0 Å². The topological polar surface area (TPSA) is 24.5 Å². The third kappa shape index (κ3) is 5.50. The maximum atomic E-state index is 5.10. The van der Waals surface area contributed by atoms with Crippen LogP contribution < -0.4 is 5.32 Å². The summed E-state index contributed by atoms with van der Waals surface area (Å²) in [4.78, 5) is 2.59. The van der Waals surface area contributed by atoms with E-state index >= 15 is 0 Å². The first-order chi connectivity index (χ1) is 7.22. The van der Waals surface area contributed by atoms with E-state index in [9.17, 15) is 0 Å². The van der Waals surface area contributed by atoms with Crippen LogP contribution in [0.1, 0.15) is 20.3 Å². The van der Waals surface area contributed by atoms with Crippen molar-refractivity contribution in [3.8, 4) is 0 Å². The van der Waals surface area contributed by atoms with E-state index in [-0.39, 0.29) is 0 Å². The molecule has 0 bridgehead atoms. The summed E-state index contributed by atoms with van der Waals surface area (Å²) in [6, 6.07) is 0. The van der Waals surface area contributed by atoms with Crippen LogP contribution in [0.3, 0.4) is 0 Å². The molecule has 2 atom stereocenters. The van der Waals surface area contributed by atoms with Gasteiger partial charge in [0, 0.05) is 33.4 Å². The Bertz CT molecular complexity index is 152. The zero-order chi connectivity index (χ0) is 11.1. The molecule has 0 aromatic carbocycles. The first-order valence-electron chi connectivity index (χ1n) is 6.14. The van der Waals surface area contributed by atoms with Crippen LogP contribution in [0.2, 0.25) is 0 Å². The predicted molar refractivity (Wildman–Crippen MR) is 64.1 cm³/mol. The van der Waals surface area contributed by atoms with Crippen molar-refractivity contribution >= 4 is 0 Å². The lowest BCUT2D eigenvalue weighted by Crippen LogP contribution is -2.43. The molecule has 1 fully saturated rings. The van der Waals surface area contributed by atoms with Crippen LogP contribution in [0.25, 0.3) is 0 Å². The van der Waals surface area contributed by atoms with E-state index in [0.717, 1.165) is 38.0 Å². The van der Waals surface area contributed by atoms with Crippen LogP contribution in [0, 0.1) is 11.8 Å². The second-order valence-electron chi connectivity index (χ2n) is 4.97. The molecule has 0 saturated carbocycles. The molecule has 90 valence electrons. The molecule has 2 unspecified atom stereocenters. The summed E-state index contributed by atoms with van der Waals surface area (Å²) < 4.78 is 5.10. The van der Waals surface area contributed by atoms with Crippen molar-refractivity contribution in [2.24, 2.45) is 11.8 Å². The van der Waals surface area contributed by atoms with Gasteiger partial charge in [0.05, 0.1) is 0 Å². The Morgan fingerprint density at radius 3 is 2.33 bits per heavy atom. The van der Waals surface area contributed by atoms with Gasteiger partial charge in [0.15, 0.2) is 0 Å². The fraction of sp³-hybridized carbons (Fsp3) is 1.00. The molecule has 15 heavy (non-hydrogen) atoms. The van der Waals surface area contributed by atoms with Gasteiger partial charge in [-0.05, 0) is 31.3 Å². The summed E-state index contributed by atoms with van der Waals surface area (Å²) in [5, 5.41) is 3.52. The Morgan fingerprint density at radius 1 is 1.20 bits per heavy atom. The molecule has 3 heteroatoms. The molecule has 0 aromatic rings. The van der Waals surface area contributed by atoms with Crippen molar-refractivity contribution in [1.29, 1.82) is 0 Å². The zero-order valence-corrected chi connectivity index (χ0v) is 10.5. The fourth-order valence-electron chi connectivity index (χ4n) is 2.28. The van der Waals surface area contributed by atoms with Gasteiger partial charge in [-0.3, -0.25) is 0 Å². The monoisotopic (exact) mass is 214 g/mol. The Labute approximate surface area is 94.2 Å². The normalized spacial score (nSPS) is 29.8. The molecule has 1 heterocycles. The SMILES string of the molecule is COCCCN1CC(C)CNCC(C)C1. The van der Waals surface area contributed by atoms with Crippen molar-refractivity contribution in [2.45, 2.75) is 20.3 Å².